The molecule has 43 heteroatoms. The highest BCUT2D eigenvalue weighted by Crippen LogP contribution is 2.36. The molecule has 13 N–H and O–H groups in total. The predicted octanol–water partition coefficient (Wildman–Crippen LogP) is 15.6. The number of methoxy groups -OCH3 is 1. The van der Waals surface area contributed by atoms with Gasteiger partial charge in [0.25, 0.3) is 23.3 Å². The average Bonchev–Trinajstić information content (AvgIpc) is 0.937. The van der Waals surface area contributed by atoms with Gasteiger partial charge < -0.3 is 89.6 Å². The molecular formula is C101H85BrClN13O27S. The number of aryl methyl sites for hydroxylation is 4. The second kappa shape index (κ2) is 47.6. The van der Waals surface area contributed by atoms with Gasteiger partial charge in [-0.1, -0.05) is 104 Å². The fourth-order valence-electron chi connectivity index (χ4n) is 14.2. The van der Waals surface area contributed by atoms with E-state index >= 15 is 0 Å². The number of carbonyl (C=O) groups excluding carboxylic acids is 7. The Kier molecular flexibility index (Phi) is 35.2. The van der Waals surface area contributed by atoms with Crippen molar-refractivity contribution in [1.82, 2.24) is 39.8 Å². The number of unbranched alkanes of at least 4 members (excludes halogenated alkanes) is 1. The first kappa shape index (κ1) is 106. The number of Topliss-reactive ketones (excluding diaryl/α,β-unsaturated/α-hetero) is 3. The summed E-state index contributed by atoms with van der Waals surface area (Å²) in [4.78, 5) is 235. The number of nitriles is 1. The van der Waals surface area contributed by atoms with Crippen molar-refractivity contribution in [3.05, 3.63) is 314 Å². The molecule has 1 aliphatic heterocycles. The monoisotopic (exact) mass is 2060 g/mol. The van der Waals surface area contributed by atoms with Gasteiger partial charge in [-0.15, -0.1) is 0 Å². The van der Waals surface area contributed by atoms with Crippen LogP contribution in [0.5, 0.6) is 11.5 Å². The Balaban J connectivity index is 0.000000165. The van der Waals surface area contributed by atoms with Gasteiger partial charge >= 0.3 is 35.8 Å². The van der Waals surface area contributed by atoms with Crippen LogP contribution in [0.3, 0.4) is 0 Å². The second-order valence-electron chi connectivity index (χ2n) is 31.2. The largest absolute Gasteiger partial charge is 0.497 e. The standard InChI is InChI=1S/C20H19NO6.C19H14BrNO5.C18H16N2O6.C18H14N2O3S.C14H14N4O2.C12H8ClN3O5/c1-4-6-11-18-12(15(23)8-14(20(25)26)21(18)5-2)7-13-16(24)9-17(10(3)22)27-19(11)13;1-10(22)17-9-16(23)14-7-12(20)8-15(18(14)26-17)21-19(24)11-3-5-13(25-2)6-4-11;1-2-3-4-8-5-9-12(21)6-10(17(23)24)20-16(9)14-13(22)7-11(18(25)26)19-15(8)14;1-11-4-2-3-5-14(11)19-18-20-16(21)15(24-18)10-12-6-8-13(9-7-12)17(22)23;1-2-7-20-10-6-4-3-5-9(10)12-17-13-11(14(19)18-12)15-8-16-13;1-5(17)10(18)15-7-2-6(4-14)3-8(9(7)13)16-11(19)12(20)21/h7-9H,4-6H2,1-3H3,(H,25,26);3-9H,1-2H3,(H,21,24);5-7H,2-4H2,1H3,(H,19,22)(H,20,21)(H,23,24)(H,25,26);2-10H,1H3,(H,22,23)(H,19,20,21);3-6,8H,2,7H2,1H3,(H2,15,16,17,18,19);2-3H,1H3,(H,15,18)(H,16,19)(H,20,21)/b;;;15-10-;;. The van der Waals surface area contributed by atoms with Crippen LogP contribution in [0.4, 0.5) is 22.7 Å². The number of rotatable bonds is 24. The highest BCUT2D eigenvalue weighted by Gasteiger charge is 2.28. The van der Waals surface area contributed by atoms with Crippen molar-refractivity contribution in [2.75, 3.05) is 29.7 Å². The Morgan fingerprint density at radius 1 is 0.604 bits per heavy atom. The quantitative estimate of drug-likeness (QED) is 0.00878. The lowest BCUT2D eigenvalue weighted by Gasteiger charge is -2.17. The molecule has 8 heterocycles. The van der Waals surface area contributed by atoms with Gasteiger partial charge in [-0.25, -0.2) is 38.9 Å². The molecule has 0 radical (unpaired) electrons. The average molecular weight is 2060 g/mol. The molecule has 0 aliphatic carbocycles. The molecule has 7 aromatic heterocycles. The van der Waals surface area contributed by atoms with Gasteiger partial charge in [-0.3, -0.25) is 62.3 Å². The summed E-state index contributed by atoms with van der Waals surface area (Å²) in [5.41, 5.74) is 3.81. The van der Waals surface area contributed by atoms with Crippen molar-refractivity contribution in [2.45, 2.75) is 100 Å². The number of fused-ring (bicyclic) bond motifs is 7. The number of thioether (sulfide) groups is 1. The summed E-state index contributed by atoms with van der Waals surface area (Å²) in [5, 5.41) is 65.1. The van der Waals surface area contributed by atoms with E-state index in [-0.39, 0.29) is 140 Å². The van der Waals surface area contributed by atoms with Gasteiger partial charge in [0.2, 0.25) is 5.78 Å². The van der Waals surface area contributed by atoms with E-state index in [0.717, 1.165) is 85.0 Å². The molecule has 4 amide bonds. The van der Waals surface area contributed by atoms with E-state index in [9.17, 15) is 96.5 Å². The van der Waals surface area contributed by atoms with Crippen LogP contribution in [0.15, 0.2) is 222 Å². The Hall–Kier alpha value is -18.0. The third-order valence-corrected chi connectivity index (χ3v) is 22.9. The first-order valence-electron chi connectivity index (χ1n) is 43.4. The number of aliphatic carboxylic acids is 1. The minimum absolute atomic E-state index is 0.000981. The molecule has 0 saturated carbocycles. The summed E-state index contributed by atoms with van der Waals surface area (Å²) in [5.74, 6) is -9.36. The number of hydrogen-bond donors (Lipinski definition) is 13. The Labute approximate surface area is 829 Å². The number of carbonyl (C=O) groups is 12. The number of carboxylic acids is 5. The van der Waals surface area contributed by atoms with Gasteiger partial charge in [-0.2, -0.15) is 5.26 Å². The number of aromatic carboxylic acids is 4. The van der Waals surface area contributed by atoms with Crippen LogP contribution < -0.4 is 63.4 Å². The number of ether oxygens (including phenoxy) is 2. The molecule has 16 rings (SSSR count). The molecule has 1 saturated heterocycles. The molecule has 1 fully saturated rings. The Morgan fingerprint density at radius 3 is 1.78 bits per heavy atom. The lowest BCUT2D eigenvalue weighted by atomic mass is 9.99. The van der Waals surface area contributed by atoms with Crippen molar-refractivity contribution in [2.24, 2.45) is 4.99 Å². The van der Waals surface area contributed by atoms with Gasteiger partial charge in [0.1, 0.15) is 40.0 Å². The fourth-order valence-corrected chi connectivity index (χ4v) is 15.7. The van der Waals surface area contributed by atoms with E-state index in [1.54, 1.807) is 73.7 Å². The number of halogens is 2. The maximum Gasteiger partial charge on any atom is 0.394 e. The Morgan fingerprint density at radius 2 is 1.20 bits per heavy atom. The van der Waals surface area contributed by atoms with Crippen LogP contribution in [0.1, 0.15) is 175 Å². The summed E-state index contributed by atoms with van der Waals surface area (Å²) in [7, 11) is 1.54. The maximum atomic E-state index is 12.6. The number of nitrogens with one attached hydrogen (secondary N) is 8. The molecule has 8 aromatic carbocycles. The number of pyridine rings is 3. The molecule has 1 aliphatic rings. The summed E-state index contributed by atoms with van der Waals surface area (Å²) in [6.07, 6.45) is 7.42. The zero-order valence-electron chi connectivity index (χ0n) is 77.5. The molecule has 144 heavy (non-hydrogen) atoms. The lowest BCUT2D eigenvalue weighted by Crippen LogP contribution is -2.23. The van der Waals surface area contributed by atoms with Crippen molar-refractivity contribution in [3.63, 3.8) is 0 Å². The minimum Gasteiger partial charge on any atom is -0.497 e. The number of hydrogen-bond acceptors (Lipinski definition) is 27. The van der Waals surface area contributed by atoms with Gasteiger partial charge in [-0.05, 0) is 165 Å². The first-order valence-corrected chi connectivity index (χ1v) is 45.4. The molecule has 40 nitrogen and oxygen atoms in total. The second-order valence-corrected chi connectivity index (χ2v) is 33.6. The number of aliphatic imine (C=N–C) groups is 1. The van der Waals surface area contributed by atoms with Crippen molar-refractivity contribution < 1.29 is 101 Å². The normalized spacial score (nSPS) is 11.8. The van der Waals surface area contributed by atoms with Gasteiger partial charge in [0.15, 0.2) is 72.1 Å². The van der Waals surface area contributed by atoms with Gasteiger partial charge in [0.05, 0.1) is 108 Å². The van der Waals surface area contributed by atoms with Crippen molar-refractivity contribution in [3.8, 4) is 29.0 Å². The number of anilines is 3. The third kappa shape index (κ3) is 25.6. The topological polar surface area (TPSA) is 631 Å². The van der Waals surface area contributed by atoms with Crippen LogP contribution in [0, 0.1) is 18.3 Å². The molecule has 0 unspecified atom stereocenters. The van der Waals surface area contributed by atoms with E-state index in [1.165, 1.54) is 67.9 Å². The first-order chi connectivity index (χ1) is 68.6. The number of nitrogens with zero attached hydrogens (tertiary/aromatic N) is 5. The van der Waals surface area contributed by atoms with Crippen molar-refractivity contribution in [1.29, 1.82) is 5.26 Å². The number of imidazole rings is 1. The molecule has 736 valence electrons. The van der Waals surface area contributed by atoms with E-state index in [0.29, 0.717) is 103 Å². The molecular weight excluding hydrogens is 1970 g/mol. The van der Waals surface area contributed by atoms with E-state index < -0.39 is 69.2 Å². The summed E-state index contributed by atoms with van der Waals surface area (Å²) >= 11 is 10.5. The smallest absolute Gasteiger partial charge is 0.394 e. The van der Waals surface area contributed by atoms with Crippen LogP contribution in [-0.4, -0.2) is 150 Å². The molecule has 0 spiro atoms. The van der Waals surface area contributed by atoms with Crippen LogP contribution in [0.2, 0.25) is 5.02 Å². The van der Waals surface area contributed by atoms with Crippen LogP contribution in [0.25, 0.3) is 83.3 Å². The lowest BCUT2D eigenvalue weighted by molar-refractivity contribution is -0.147. The van der Waals surface area contributed by atoms with E-state index in [2.05, 4.69) is 66.8 Å². The van der Waals surface area contributed by atoms with Crippen molar-refractivity contribution >= 4 is 210 Å². The number of ketones is 3. The van der Waals surface area contributed by atoms with Crippen LogP contribution >= 0.6 is 39.3 Å². The summed E-state index contributed by atoms with van der Waals surface area (Å²) < 4.78 is 24.2. The molecule has 0 atom stereocenters. The predicted molar refractivity (Wildman–Crippen MR) is 540 cm³/mol. The number of aromatic nitrogens is 7. The highest BCUT2D eigenvalue weighted by molar-refractivity contribution is 9.10. The zero-order chi connectivity index (χ0) is 105. The zero-order valence-corrected chi connectivity index (χ0v) is 80.7. The molecule has 0 bridgehead atoms. The SMILES string of the molecule is CC(=O)C(=O)Nc1cc(C#N)cc(NC(=O)C(=O)O)c1Cl.CCCCc1cc2c(=O)cc(C(=O)O)[nH]c2c2c(=O)cc(C(=O)O)[nH]c12.CCCOc1ccccc1-c1nc2nc[nH]c2c(=O)[nH]1.CCCc1c2oc(C(C)=O)cc(=O)c2cc2c(=O)cc(C(=O)O)n(CC)c12.COc1ccc(C(=O)Nc2cc(Br)cc3c(=O)cc(C(C)=O)oc23)cc1.Cc1ccccc1N=C1NC(=O)/C(=C/c2ccc(C(=O)O)cc2)S1. The third-order valence-electron chi connectivity index (χ3n) is 21.1. The van der Waals surface area contributed by atoms with E-state index in [1.807, 2.05) is 81.5 Å². The fraction of sp³-hybridized carbons (Fsp3) is 0.168. The number of carboxylic acid groups (broad SMARTS) is 5. The maximum absolute atomic E-state index is 12.6. The van der Waals surface area contributed by atoms with Gasteiger partial charge in [0, 0.05) is 84.0 Å². The Bertz CT molecular complexity index is 8230. The number of H-pyrrole nitrogens is 4. The highest BCUT2D eigenvalue weighted by atomic mass is 79.9. The number of amides is 4. The van der Waals surface area contributed by atoms with Crippen LogP contribution in [-0.2, 0) is 43.4 Å². The summed E-state index contributed by atoms with van der Waals surface area (Å²) in [6.45, 7) is 14.3. The minimum atomic E-state index is -1.75. The number of benzene rings is 8. The van der Waals surface area contributed by atoms with E-state index in [4.69, 9.17) is 50.5 Å². The number of para-hydroxylation sites is 2. The number of aromatic amines is 4. The number of amidine groups is 1. The summed E-state index contributed by atoms with van der Waals surface area (Å²) in [6, 6.07) is 43.6. The molecule has 15 aromatic rings.